The lowest BCUT2D eigenvalue weighted by Crippen LogP contribution is -2.59. The highest BCUT2D eigenvalue weighted by atomic mass is 16.4. The van der Waals surface area contributed by atoms with Crippen LogP contribution in [-0.2, 0) is 14.4 Å². The monoisotopic (exact) mass is 297 g/mol. The summed E-state index contributed by atoms with van der Waals surface area (Å²) >= 11 is 0. The van der Waals surface area contributed by atoms with Crippen molar-refractivity contribution < 1.29 is 19.5 Å². The first-order valence-corrected chi connectivity index (χ1v) is 7.59. The molecule has 3 N–H and O–H groups in total. The van der Waals surface area contributed by atoms with Gasteiger partial charge in [-0.25, -0.2) is 0 Å². The van der Waals surface area contributed by atoms with Gasteiger partial charge in [0.05, 0.1) is 13.1 Å². The Labute approximate surface area is 124 Å². The molecule has 0 aromatic rings. The average molecular weight is 297 g/mol. The Kier molecular flexibility index (Phi) is 5.55. The third-order valence-corrected chi connectivity index (χ3v) is 4.13. The molecule has 1 saturated carbocycles. The highest BCUT2D eigenvalue weighted by molar-refractivity contribution is 5.85. The molecule has 1 aliphatic carbocycles. The third kappa shape index (κ3) is 4.70. The molecule has 0 aromatic heterocycles. The van der Waals surface area contributed by atoms with E-state index in [9.17, 15) is 14.4 Å². The molecule has 7 heteroatoms. The van der Waals surface area contributed by atoms with E-state index < -0.39 is 12.0 Å². The fourth-order valence-electron chi connectivity index (χ4n) is 2.98. The van der Waals surface area contributed by atoms with Crippen molar-refractivity contribution in [3.63, 3.8) is 0 Å². The van der Waals surface area contributed by atoms with Crippen LogP contribution in [0.5, 0.6) is 0 Å². The molecule has 1 saturated heterocycles. The highest BCUT2D eigenvalue weighted by Gasteiger charge is 2.33. The Balaban J connectivity index is 1.86. The molecular formula is C14H23N3O4. The largest absolute Gasteiger partial charge is 0.480 e. The summed E-state index contributed by atoms with van der Waals surface area (Å²) in [6.07, 6.45) is 6.62. The van der Waals surface area contributed by atoms with Gasteiger partial charge in [0.25, 0.3) is 0 Å². The van der Waals surface area contributed by atoms with Crippen molar-refractivity contribution in [1.29, 1.82) is 0 Å². The van der Waals surface area contributed by atoms with Crippen LogP contribution < -0.4 is 10.6 Å². The average Bonchev–Trinajstić information content (AvgIpc) is 2.66. The summed E-state index contributed by atoms with van der Waals surface area (Å²) in [5.74, 6) is -1.45. The summed E-state index contributed by atoms with van der Waals surface area (Å²) in [6, 6.07) is -0.649. The number of carbonyl (C=O) groups is 3. The zero-order valence-corrected chi connectivity index (χ0v) is 12.1. The van der Waals surface area contributed by atoms with Crippen molar-refractivity contribution in [2.75, 3.05) is 19.6 Å². The molecule has 2 amide bonds. The van der Waals surface area contributed by atoms with E-state index in [4.69, 9.17) is 5.11 Å². The molecule has 2 rings (SSSR count). The molecule has 7 nitrogen and oxygen atoms in total. The molecule has 118 valence electrons. The van der Waals surface area contributed by atoms with Gasteiger partial charge in [-0.15, -0.1) is 0 Å². The minimum absolute atomic E-state index is 0.0408. The first kappa shape index (κ1) is 15.8. The van der Waals surface area contributed by atoms with E-state index in [-0.39, 0.29) is 37.5 Å². The maximum atomic E-state index is 12.1. The molecule has 0 bridgehead atoms. The zero-order valence-electron chi connectivity index (χ0n) is 12.1. The van der Waals surface area contributed by atoms with Crippen LogP contribution in [0, 0.1) is 0 Å². The lowest BCUT2D eigenvalue weighted by atomic mass is 10.1. The number of rotatable bonds is 4. The number of carbonyl (C=O) groups excluding carboxylic acids is 2. The number of aliphatic carboxylic acids is 1. The summed E-state index contributed by atoms with van der Waals surface area (Å²) in [4.78, 5) is 36.1. The maximum absolute atomic E-state index is 12.1. The molecule has 0 spiro atoms. The van der Waals surface area contributed by atoms with E-state index in [1.807, 2.05) is 0 Å². The van der Waals surface area contributed by atoms with Gasteiger partial charge in [-0.05, 0) is 12.8 Å². The van der Waals surface area contributed by atoms with Crippen molar-refractivity contribution in [2.45, 2.75) is 50.6 Å². The van der Waals surface area contributed by atoms with Gasteiger partial charge in [-0.2, -0.15) is 0 Å². The van der Waals surface area contributed by atoms with Gasteiger partial charge in [0.2, 0.25) is 11.8 Å². The standard InChI is InChI=1S/C14H23N3O4/c18-12-8-17(11(7-15-12)14(20)21)9-13(19)16-10-5-3-1-2-4-6-10/h10-11H,1-9H2,(H,15,18)(H,16,19)(H,20,21). The molecular weight excluding hydrogens is 274 g/mol. The summed E-state index contributed by atoms with van der Waals surface area (Å²) in [5, 5.41) is 14.6. The minimum atomic E-state index is -1.02. The molecule has 0 radical (unpaired) electrons. The Bertz CT molecular complexity index is 405. The molecule has 2 fully saturated rings. The van der Waals surface area contributed by atoms with Crippen LogP contribution in [-0.4, -0.2) is 59.5 Å². The second-order valence-electron chi connectivity index (χ2n) is 5.82. The summed E-state index contributed by atoms with van der Waals surface area (Å²) in [6.45, 7) is -0.0409. The summed E-state index contributed by atoms with van der Waals surface area (Å²) < 4.78 is 0. The zero-order chi connectivity index (χ0) is 15.2. The van der Waals surface area contributed by atoms with Crippen LogP contribution in [0.3, 0.4) is 0 Å². The van der Waals surface area contributed by atoms with Crippen LogP contribution >= 0.6 is 0 Å². The van der Waals surface area contributed by atoms with Crippen LogP contribution in [0.4, 0.5) is 0 Å². The molecule has 1 heterocycles. The minimum Gasteiger partial charge on any atom is -0.480 e. The Morgan fingerprint density at radius 2 is 1.90 bits per heavy atom. The Morgan fingerprint density at radius 3 is 2.52 bits per heavy atom. The molecule has 1 aliphatic heterocycles. The van der Waals surface area contributed by atoms with Gasteiger partial charge < -0.3 is 15.7 Å². The van der Waals surface area contributed by atoms with Crippen LogP contribution in [0.1, 0.15) is 38.5 Å². The first-order chi connectivity index (χ1) is 10.1. The number of piperazine rings is 1. The number of nitrogens with one attached hydrogen (secondary N) is 2. The molecule has 1 unspecified atom stereocenters. The lowest BCUT2D eigenvalue weighted by Gasteiger charge is -2.32. The number of nitrogens with zero attached hydrogens (tertiary/aromatic N) is 1. The van der Waals surface area contributed by atoms with E-state index in [1.165, 1.54) is 17.7 Å². The van der Waals surface area contributed by atoms with Crippen molar-refractivity contribution in [3.05, 3.63) is 0 Å². The maximum Gasteiger partial charge on any atom is 0.322 e. The van der Waals surface area contributed by atoms with E-state index >= 15 is 0 Å². The second-order valence-corrected chi connectivity index (χ2v) is 5.82. The first-order valence-electron chi connectivity index (χ1n) is 7.59. The molecule has 21 heavy (non-hydrogen) atoms. The van der Waals surface area contributed by atoms with Crippen molar-refractivity contribution >= 4 is 17.8 Å². The van der Waals surface area contributed by atoms with Crippen molar-refractivity contribution in [1.82, 2.24) is 15.5 Å². The quantitative estimate of drug-likeness (QED) is 0.619. The second kappa shape index (κ2) is 7.40. The molecule has 2 aliphatic rings. The van der Waals surface area contributed by atoms with E-state index in [0.29, 0.717) is 0 Å². The Morgan fingerprint density at radius 1 is 1.24 bits per heavy atom. The lowest BCUT2D eigenvalue weighted by molar-refractivity contribution is -0.146. The van der Waals surface area contributed by atoms with Crippen LogP contribution in [0.2, 0.25) is 0 Å². The number of carboxylic acid groups (broad SMARTS) is 1. The van der Waals surface area contributed by atoms with Gasteiger partial charge in [-0.1, -0.05) is 25.7 Å². The number of hydrogen-bond acceptors (Lipinski definition) is 4. The summed E-state index contributed by atoms with van der Waals surface area (Å²) in [5.41, 5.74) is 0. The van der Waals surface area contributed by atoms with Gasteiger partial charge in [0, 0.05) is 12.6 Å². The predicted octanol–water partition coefficient (Wildman–Crippen LogP) is -0.290. The Hall–Kier alpha value is -1.63. The molecule has 0 aromatic carbocycles. The fourth-order valence-corrected chi connectivity index (χ4v) is 2.98. The fraction of sp³-hybridized carbons (Fsp3) is 0.786. The highest BCUT2D eigenvalue weighted by Crippen LogP contribution is 2.17. The van der Waals surface area contributed by atoms with Gasteiger partial charge in [0.15, 0.2) is 0 Å². The van der Waals surface area contributed by atoms with Gasteiger partial charge >= 0.3 is 5.97 Å². The third-order valence-electron chi connectivity index (χ3n) is 4.13. The van der Waals surface area contributed by atoms with Crippen molar-refractivity contribution in [3.8, 4) is 0 Å². The van der Waals surface area contributed by atoms with Crippen molar-refractivity contribution in [2.24, 2.45) is 0 Å². The smallest absolute Gasteiger partial charge is 0.322 e. The van der Waals surface area contributed by atoms with E-state index in [0.717, 1.165) is 25.7 Å². The van der Waals surface area contributed by atoms with Gasteiger partial charge in [0.1, 0.15) is 6.04 Å². The SMILES string of the molecule is O=C1CN(CC(=O)NC2CCCCCC2)C(C(=O)O)CN1. The van der Waals surface area contributed by atoms with E-state index in [1.54, 1.807) is 0 Å². The number of hydrogen-bond donors (Lipinski definition) is 3. The topological polar surface area (TPSA) is 98.7 Å². The summed E-state index contributed by atoms with van der Waals surface area (Å²) in [7, 11) is 0. The van der Waals surface area contributed by atoms with E-state index in [2.05, 4.69) is 10.6 Å². The van der Waals surface area contributed by atoms with Crippen LogP contribution in [0.25, 0.3) is 0 Å². The predicted molar refractivity (Wildman–Crippen MR) is 75.6 cm³/mol. The number of carboxylic acids is 1. The van der Waals surface area contributed by atoms with Crippen LogP contribution in [0.15, 0.2) is 0 Å². The van der Waals surface area contributed by atoms with Gasteiger partial charge in [-0.3, -0.25) is 19.3 Å². The molecule has 1 atom stereocenters. The number of amides is 2. The normalized spacial score (nSPS) is 25.0.